The van der Waals surface area contributed by atoms with Crippen LogP contribution in [0.3, 0.4) is 0 Å². The van der Waals surface area contributed by atoms with E-state index in [1.807, 2.05) is 6.92 Å². The lowest BCUT2D eigenvalue weighted by Gasteiger charge is -2.34. The maximum Gasteiger partial charge on any atom is 0.311 e. The number of nitrogens with zero attached hydrogens (tertiary/aromatic N) is 2. The van der Waals surface area contributed by atoms with Gasteiger partial charge in [0.25, 0.3) is 0 Å². The van der Waals surface area contributed by atoms with Crippen LogP contribution in [0.15, 0.2) is 0 Å². The van der Waals surface area contributed by atoms with Crippen LogP contribution in [0.4, 0.5) is 0 Å². The number of piperazine rings is 1. The van der Waals surface area contributed by atoms with Crippen molar-refractivity contribution in [1.29, 1.82) is 0 Å². The van der Waals surface area contributed by atoms with Crippen molar-refractivity contribution in [2.75, 3.05) is 45.9 Å². The second-order valence-corrected chi connectivity index (χ2v) is 4.68. The number of nitrogens with one attached hydrogen (secondary N) is 1. The molecule has 0 aromatic heterocycles. The fraction of sp³-hybridized carbons (Fsp3) is 0.833. The number of carbonyl (C=O) groups is 2. The van der Waals surface area contributed by atoms with E-state index in [2.05, 4.69) is 10.2 Å². The molecular formula is C12H24N4O3. The van der Waals surface area contributed by atoms with Gasteiger partial charge in [0.05, 0.1) is 12.6 Å². The lowest BCUT2D eigenvalue weighted by atomic mass is 10.2. The summed E-state index contributed by atoms with van der Waals surface area (Å²) in [5.74, 6) is -1.15. The van der Waals surface area contributed by atoms with Gasteiger partial charge in [-0.05, 0) is 6.42 Å². The number of aliphatic hydroxyl groups excluding tert-OH is 1. The van der Waals surface area contributed by atoms with Crippen LogP contribution in [-0.2, 0) is 9.59 Å². The molecule has 1 rings (SSSR count). The summed E-state index contributed by atoms with van der Waals surface area (Å²) >= 11 is 0. The summed E-state index contributed by atoms with van der Waals surface area (Å²) in [7, 11) is 0. The molecule has 0 aliphatic carbocycles. The van der Waals surface area contributed by atoms with Gasteiger partial charge >= 0.3 is 11.8 Å². The Kier molecular flexibility index (Phi) is 6.75. The van der Waals surface area contributed by atoms with Crippen LogP contribution in [0.2, 0.25) is 0 Å². The minimum atomic E-state index is -0.631. The summed E-state index contributed by atoms with van der Waals surface area (Å²) in [4.78, 5) is 27.4. The van der Waals surface area contributed by atoms with E-state index >= 15 is 0 Å². The van der Waals surface area contributed by atoms with E-state index in [0.29, 0.717) is 26.1 Å². The van der Waals surface area contributed by atoms with Crippen molar-refractivity contribution in [2.45, 2.75) is 19.4 Å². The molecule has 1 aliphatic rings. The number of hydrogen-bond donors (Lipinski definition) is 3. The van der Waals surface area contributed by atoms with Crippen LogP contribution in [0.1, 0.15) is 13.3 Å². The monoisotopic (exact) mass is 272 g/mol. The summed E-state index contributed by atoms with van der Waals surface area (Å²) < 4.78 is 0. The van der Waals surface area contributed by atoms with E-state index in [0.717, 1.165) is 19.6 Å². The highest BCUT2D eigenvalue weighted by atomic mass is 16.3. The number of aliphatic hydroxyl groups is 1. The maximum atomic E-state index is 11.9. The average Bonchev–Trinajstić information content (AvgIpc) is 2.45. The molecule has 7 nitrogen and oxygen atoms in total. The molecule has 19 heavy (non-hydrogen) atoms. The van der Waals surface area contributed by atoms with Crippen molar-refractivity contribution in [3.8, 4) is 0 Å². The van der Waals surface area contributed by atoms with Crippen LogP contribution in [0.25, 0.3) is 0 Å². The van der Waals surface area contributed by atoms with Gasteiger partial charge in [0, 0.05) is 39.3 Å². The molecule has 1 unspecified atom stereocenters. The Labute approximate surface area is 113 Å². The van der Waals surface area contributed by atoms with Gasteiger partial charge in [0.2, 0.25) is 0 Å². The Morgan fingerprint density at radius 3 is 2.42 bits per heavy atom. The van der Waals surface area contributed by atoms with Crippen molar-refractivity contribution in [3.63, 3.8) is 0 Å². The van der Waals surface area contributed by atoms with Crippen molar-refractivity contribution in [3.05, 3.63) is 0 Å². The van der Waals surface area contributed by atoms with Gasteiger partial charge in [-0.1, -0.05) is 6.92 Å². The topological polar surface area (TPSA) is 98.9 Å². The standard InChI is InChI=1S/C12H24N4O3/c1-2-10(9-17)14-11(18)12(19)16-7-5-15(4-3-13)6-8-16/h10,17H,2-9,13H2,1H3,(H,14,18). The second-order valence-electron chi connectivity index (χ2n) is 4.68. The fourth-order valence-electron chi connectivity index (χ4n) is 2.02. The zero-order chi connectivity index (χ0) is 14.3. The zero-order valence-corrected chi connectivity index (χ0v) is 11.5. The molecular weight excluding hydrogens is 248 g/mol. The van der Waals surface area contributed by atoms with E-state index < -0.39 is 11.8 Å². The first kappa shape index (κ1) is 15.9. The molecule has 1 heterocycles. The third-order valence-electron chi connectivity index (χ3n) is 3.35. The zero-order valence-electron chi connectivity index (χ0n) is 11.5. The first-order valence-electron chi connectivity index (χ1n) is 6.75. The van der Waals surface area contributed by atoms with Crippen molar-refractivity contribution < 1.29 is 14.7 Å². The Balaban J connectivity index is 2.40. The predicted octanol–water partition coefficient (Wildman–Crippen LogP) is -2.02. The molecule has 0 saturated carbocycles. The van der Waals surface area contributed by atoms with Gasteiger partial charge in [-0.25, -0.2) is 0 Å². The average molecular weight is 272 g/mol. The SMILES string of the molecule is CCC(CO)NC(=O)C(=O)N1CCN(CCN)CC1. The highest BCUT2D eigenvalue weighted by molar-refractivity contribution is 6.35. The summed E-state index contributed by atoms with van der Waals surface area (Å²) in [5.41, 5.74) is 5.48. The molecule has 0 aromatic carbocycles. The van der Waals surface area contributed by atoms with Crippen LogP contribution in [0.5, 0.6) is 0 Å². The summed E-state index contributed by atoms with van der Waals surface area (Å²) in [5, 5.41) is 11.5. The normalized spacial score (nSPS) is 18.2. The Bertz CT molecular complexity index is 299. The Morgan fingerprint density at radius 2 is 1.95 bits per heavy atom. The molecule has 0 spiro atoms. The number of hydrogen-bond acceptors (Lipinski definition) is 5. The summed E-state index contributed by atoms with van der Waals surface area (Å²) in [6.45, 7) is 5.68. The van der Waals surface area contributed by atoms with E-state index in [1.165, 1.54) is 0 Å². The molecule has 0 radical (unpaired) electrons. The highest BCUT2D eigenvalue weighted by Gasteiger charge is 2.26. The first-order chi connectivity index (χ1) is 9.12. The van der Waals surface area contributed by atoms with Gasteiger partial charge in [0.15, 0.2) is 0 Å². The smallest absolute Gasteiger partial charge is 0.311 e. The molecule has 1 aliphatic heterocycles. The molecule has 0 aromatic rings. The van der Waals surface area contributed by atoms with E-state index in [-0.39, 0.29) is 12.6 Å². The number of carbonyl (C=O) groups excluding carboxylic acids is 2. The van der Waals surface area contributed by atoms with Crippen molar-refractivity contribution in [2.24, 2.45) is 5.73 Å². The van der Waals surface area contributed by atoms with Gasteiger partial charge < -0.3 is 21.1 Å². The largest absolute Gasteiger partial charge is 0.394 e. The molecule has 1 atom stereocenters. The lowest BCUT2D eigenvalue weighted by molar-refractivity contribution is -0.147. The molecule has 1 saturated heterocycles. The Morgan fingerprint density at radius 1 is 1.32 bits per heavy atom. The lowest BCUT2D eigenvalue weighted by Crippen LogP contribution is -2.54. The van der Waals surface area contributed by atoms with Crippen LogP contribution in [0, 0.1) is 0 Å². The summed E-state index contributed by atoms with van der Waals surface area (Å²) in [6, 6.07) is -0.352. The fourth-order valence-corrected chi connectivity index (χ4v) is 2.02. The molecule has 0 bridgehead atoms. The van der Waals surface area contributed by atoms with E-state index in [1.54, 1.807) is 4.90 Å². The number of nitrogens with two attached hydrogens (primary N) is 1. The van der Waals surface area contributed by atoms with Gasteiger partial charge in [-0.15, -0.1) is 0 Å². The molecule has 2 amide bonds. The number of amides is 2. The Hall–Kier alpha value is -1.18. The third-order valence-corrected chi connectivity index (χ3v) is 3.35. The van der Waals surface area contributed by atoms with Crippen LogP contribution < -0.4 is 11.1 Å². The van der Waals surface area contributed by atoms with Crippen molar-refractivity contribution in [1.82, 2.24) is 15.1 Å². The summed E-state index contributed by atoms with van der Waals surface area (Å²) in [6.07, 6.45) is 0.597. The van der Waals surface area contributed by atoms with E-state index in [9.17, 15) is 9.59 Å². The molecule has 1 fully saturated rings. The highest BCUT2D eigenvalue weighted by Crippen LogP contribution is 2.02. The number of rotatable bonds is 5. The van der Waals surface area contributed by atoms with Crippen LogP contribution in [-0.4, -0.2) is 78.6 Å². The van der Waals surface area contributed by atoms with Gasteiger partial charge in [-0.2, -0.15) is 0 Å². The molecule has 110 valence electrons. The van der Waals surface area contributed by atoms with Gasteiger partial charge in [-0.3, -0.25) is 14.5 Å². The second kappa shape index (κ2) is 8.08. The third kappa shape index (κ3) is 4.77. The molecule has 7 heteroatoms. The first-order valence-corrected chi connectivity index (χ1v) is 6.75. The van der Waals surface area contributed by atoms with Gasteiger partial charge in [0.1, 0.15) is 0 Å². The van der Waals surface area contributed by atoms with E-state index in [4.69, 9.17) is 10.8 Å². The van der Waals surface area contributed by atoms with Crippen molar-refractivity contribution >= 4 is 11.8 Å². The van der Waals surface area contributed by atoms with Crippen LogP contribution >= 0.6 is 0 Å². The predicted molar refractivity (Wildman–Crippen MR) is 71.4 cm³/mol. The quantitative estimate of drug-likeness (QED) is 0.502. The molecule has 4 N–H and O–H groups in total. The minimum Gasteiger partial charge on any atom is -0.394 e. The minimum absolute atomic E-state index is 0.153. The maximum absolute atomic E-state index is 11.9.